The fraction of sp³-hybridized carbons (Fsp3) is 0.636. The molecule has 0 spiro atoms. The van der Waals surface area contributed by atoms with Gasteiger partial charge in [0.15, 0.2) is 5.57 Å². The van der Waals surface area contributed by atoms with Crippen molar-refractivity contribution in [3.05, 3.63) is 16.5 Å². The summed E-state index contributed by atoms with van der Waals surface area (Å²) in [6, 6.07) is 0. The van der Waals surface area contributed by atoms with Crippen LogP contribution in [0.3, 0.4) is 0 Å². The highest BCUT2D eigenvalue weighted by atomic mass is 28.3. The van der Waals surface area contributed by atoms with Crippen LogP contribution in [0.1, 0.15) is 6.92 Å². The predicted octanol–water partition coefficient (Wildman–Crippen LogP) is 4.00. The van der Waals surface area contributed by atoms with Crippen LogP contribution in [0, 0.1) is 0 Å². The molecule has 0 aromatic rings. The Bertz CT molecular complexity index is 419. The second kappa shape index (κ2) is 6.05. The number of carbonyl (C=O) groups excluding carboxylic acids is 1. The number of hydrogen-bond acceptors (Lipinski definition) is 2. The van der Waals surface area contributed by atoms with Crippen molar-refractivity contribution in [3.8, 4) is 0 Å². The first kappa shape index (κ1) is 18.8. The van der Waals surface area contributed by atoms with E-state index in [-0.39, 0.29) is 6.61 Å². The van der Waals surface area contributed by atoms with Gasteiger partial charge in [0.25, 0.3) is 0 Å². The molecule has 116 valence electrons. The van der Waals surface area contributed by atoms with Crippen LogP contribution in [-0.4, -0.2) is 33.0 Å². The number of rotatable bonds is 3. The Morgan fingerprint density at radius 3 is 1.70 bits per heavy atom. The van der Waals surface area contributed by atoms with Crippen molar-refractivity contribution >= 4 is 14.0 Å². The molecule has 0 rings (SSSR count). The van der Waals surface area contributed by atoms with E-state index < -0.39 is 37.2 Å². The number of alkyl halides is 6. The summed E-state index contributed by atoms with van der Waals surface area (Å²) in [6.45, 7) is 5.53. The van der Waals surface area contributed by atoms with Crippen LogP contribution in [0.4, 0.5) is 26.3 Å². The van der Waals surface area contributed by atoms with Crippen LogP contribution in [0.2, 0.25) is 19.6 Å². The molecule has 0 heterocycles. The summed E-state index contributed by atoms with van der Waals surface area (Å²) in [4.78, 5) is 11.5. The SMILES string of the molecule is CCOC(=O)C(=C=C(C(F)(F)F)C(F)(F)F)[Si](C)(C)C. The topological polar surface area (TPSA) is 26.3 Å². The molecule has 0 radical (unpaired) electrons. The monoisotopic (exact) mass is 320 g/mol. The third-order valence-corrected chi connectivity index (χ3v) is 3.88. The van der Waals surface area contributed by atoms with Gasteiger partial charge < -0.3 is 4.74 Å². The molecule has 0 fully saturated rings. The molecule has 2 nitrogen and oxygen atoms in total. The fourth-order valence-corrected chi connectivity index (χ4v) is 2.36. The Balaban J connectivity index is 6.33. The number of ether oxygens (including phenoxy) is 1. The second-order valence-electron chi connectivity index (χ2n) is 4.84. The number of carbonyl (C=O) groups is 1. The first-order valence-electron chi connectivity index (χ1n) is 5.54. The normalized spacial score (nSPS) is 12.7. The fourth-order valence-electron chi connectivity index (χ4n) is 1.18. The van der Waals surface area contributed by atoms with Gasteiger partial charge in [0.2, 0.25) is 0 Å². The Morgan fingerprint density at radius 2 is 1.45 bits per heavy atom. The maximum absolute atomic E-state index is 12.4. The lowest BCUT2D eigenvalue weighted by molar-refractivity contribution is -0.171. The number of esters is 1. The smallest absolute Gasteiger partial charge is 0.428 e. The van der Waals surface area contributed by atoms with Gasteiger partial charge in [0, 0.05) is 0 Å². The van der Waals surface area contributed by atoms with Crippen LogP contribution in [0.5, 0.6) is 0 Å². The summed E-state index contributed by atoms with van der Waals surface area (Å²) in [5.74, 6) is -1.20. The maximum atomic E-state index is 12.4. The molecule has 0 aliphatic carbocycles. The predicted molar refractivity (Wildman–Crippen MR) is 62.6 cm³/mol. The molecule has 0 aromatic carbocycles. The number of halogens is 6. The van der Waals surface area contributed by atoms with Gasteiger partial charge in [0.05, 0.1) is 19.9 Å². The summed E-state index contributed by atoms with van der Waals surface area (Å²) in [5, 5.41) is -0.677. The third kappa shape index (κ3) is 5.42. The zero-order chi connectivity index (χ0) is 16.4. The summed E-state index contributed by atoms with van der Waals surface area (Å²) >= 11 is 0. The van der Waals surface area contributed by atoms with E-state index in [1.807, 2.05) is 0 Å². The molecule has 0 aromatic heterocycles. The van der Waals surface area contributed by atoms with Gasteiger partial charge in [-0.3, -0.25) is 0 Å². The minimum atomic E-state index is -5.64. The molecule has 0 atom stereocenters. The minimum Gasteiger partial charge on any atom is -0.462 e. The minimum absolute atomic E-state index is 0.151. The molecular weight excluding hydrogens is 306 g/mol. The Hall–Kier alpha value is -1.21. The lowest BCUT2D eigenvalue weighted by Gasteiger charge is -2.19. The zero-order valence-corrected chi connectivity index (χ0v) is 12.3. The van der Waals surface area contributed by atoms with Crippen LogP contribution in [-0.2, 0) is 9.53 Å². The average Bonchev–Trinajstić information content (AvgIpc) is 2.11. The maximum Gasteiger partial charge on any atom is 0.428 e. The highest BCUT2D eigenvalue weighted by Gasteiger charge is 2.51. The van der Waals surface area contributed by atoms with Gasteiger partial charge in [-0.25, -0.2) is 4.79 Å². The van der Waals surface area contributed by atoms with Gasteiger partial charge >= 0.3 is 18.3 Å². The van der Waals surface area contributed by atoms with Gasteiger partial charge in [-0.05, 0) is 6.92 Å². The molecule has 0 unspecified atom stereocenters. The largest absolute Gasteiger partial charge is 0.462 e. The van der Waals surface area contributed by atoms with Gasteiger partial charge in [-0.2, -0.15) is 26.3 Å². The average molecular weight is 320 g/mol. The Labute approximate surface area is 113 Å². The van der Waals surface area contributed by atoms with Crippen molar-refractivity contribution in [1.29, 1.82) is 0 Å². The Kier molecular flexibility index (Phi) is 5.68. The van der Waals surface area contributed by atoms with Crippen molar-refractivity contribution < 1.29 is 35.9 Å². The van der Waals surface area contributed by atoms with E-state index in [2.05, 4.69) is 4.74 Å². The highest BCUT2D eigenvalue weighted by Crippen LogP contribution is 2.38. The van der Waals surface area contributed by atoms with Crippen molar-refractivity contribution in [2.75, 3.05) is 6.61 Å². The second-order valence-corrected chi connectivity index (χ2v) is 9.84. The first-order valence-corrected chi connectivity index (χ1v) is 9.04. The van der Waals surface area contributed by atoms with E-state index in [9.17, 15) is 31.1 Å². The van der Waals surface area contributed by atoms with E-state index in [4.69, 9.17) is 0 Å². The van der Waals surface area contributed by atoms with E-state index in [1.54, 1.807) is 0 Å². The van der Waals surface area contributed by atoms with Gasteiger partial charge in [-0.1, -0.05) is 25.4 Å². The molecule has 20 heavy (non-hydrogen) atoms. The molecule has 0 bridgehead atoms. The zero-order valence-electron chi connectivity index (χ0n) is 11.3. The molecule has 0 N–H and O–H groups in total. The first-order chi connectivity index (χ1) is 8.71. The van der Waals surface area contributed by atoms with Crippen molar-refractivity contribution in [3.63, 3.8) is 0 Å². The molecule has 9 heteroatoms. The molecular formula is C11H14F6O2Si. The number of hydrogen-bond donors (Lipinski definition) is 0. The van der Waals surface area contributed by atoms with Crippen molar-refractivity contribution in [2.45, 2.75) is 38.9 Å². The summed E-state index contributed by atoms with van der Waals surface area (Å²) in [7, 11) is -2.80. The molecule has 0 aliphatic heterocycles. The summed E-state index contributed by atoms with van der Waals surface area (Å²) < 4.78 is 79.2. The molecule has 0 saturated carbocycles. The van der Waals surface area contributed by atoms with Crippen LogP contribution in [0.15, 0.2) is 16.5 Å². The summed E-state index contributed by atoms with van der Waals surface area (Å²) in [5.41, 5.74) is -1.59. The third-order valence-electron chi connectivity index (χ3n) is 2.05. The van der Waals surface area contributed by atoms with Crippen LogP contribution >= 0.6 is 0 Å². The van der Waals surface area contributed by atoms with E-state index in [0.717, 1.165) is 0 Å². The quantitative estimate of drug-likeness (QED) is 0.258. The van der Waals surface area contributed by atoms with Gasteiger partial charge in [-0.15, -0.1) is 0 Å². The summed E-state index contributed by atoms with van der Waals surface area (Å²) in [6.07, 6.45) is -11.3. The lowest BCUT2D eigenvalue weighted by Crippen LogP contribution is -2.32. The Morgan fingerprint density at radius 1 is 1.05 bits per heavy atom. The van der Waals surface area contributed by atoms with Crippen LogP contribution < -0.4 is 0 Å². The lowest BCUT2D eigenvalue weighted by atomic mass is 10.2. The van der Waals surface area contributed by atoms with E-state index in [0.29, 0.717) is 0 Å². The highest BCUT2D eigenvalue weighted by molar-refractivity contribution is 6.86. The van der Waals surface area contributed by atoms with Crippen LogP contribution in [0.25, 0.3) is 0 Å². The van der Waals surface area contributed by atoms with Gasteiger partial charge in [0.1, 0.15) is 0 Å². The van der Waals surface area contributed by atoms with Crippen molar-refractivity contribution in [1.82, 2.24) is 0 Å². The molecule has 0 saturated heterocycles. The van der Waals surface area contributed by atoms with E-state index >= 15 is 0 Å². The van der Waals surface area contributed by atoms with E-state index in [1.165, 1.54) is 32.3 Å². The molecule has 0 amide bonds. The van der Waals surface area contributed by atoms with Crippen molar-refractivity contribution in [2.24, 2.45) is 0 Å². The molecule has 0 aliphatic rings. The standard InChI is InChI=1S/C11H14F6O2Si/c1-5-19-9(18)7(20(2,3)4)6-8(10(12,13)14)11(15,16)17/h5H2,1-4H3.